The van der Waals surface area contributed by atoms with Crippen LogP contribution >= 0.6 is 23.4 Å². The number of hydrogen-bond acceptors (Lipinski definition) is 6. The highest BCUT2D eigenvalue weighted by molar-refractivity contribution is 7.99. The first kappa shape index (κ1) is 20.6. The second-order valence-electron chi connectivity index (χ2n) is 5.96. The van der Waals surface area contributed by atoms with Gasteiger partial charge in [-0.05, 0) is 36.6 Å². The predicted molar refractivity (Wildman–Crippen MR) is 102 cm³/mol. The number of nitrogens with one attached hydrogen (secondary N) is 1. The Hall–Kier alpha value is -1.73. The van der Waals surface area contributed by atoms with E-state index in [1.54, 1.807) is 24.3 Å². The molecule has 1 amide bonds. The predicted octanol–water partition coefficient (Wildman–Crippen LogP) is 4.34. The van der Waals surface area contributed by atoms with Crippen LogP contribution in [-0.2, 0) is 11.4 Å². The molecule has 1 N–H and O–H groups in total. The quantitative estimate of drug-likeness (QED) is 0.601. The first-order valence-electron chi connectivity index (χ1n) is 8.64. The van der Waals surface area contributed by atoms with Crippen molar-refractivity contribution in [2.45, 2.75) is 51.5 Å². The SMILES string of the molecule is CCC(C)C(CC)NC(=O)CSc1nnc(COc2ccc(Cl)cc2)o1. The van der Waals surface area contributed by atoms with E-state index in [1.165, 1.54) is 11.8 Å². The molecule has 1 aromatic carbocycles. The Morgan fingerprint density at radius 2 is 2.00 bits per heavy atom. The lowest BCUT2D eigenvalue weighted by Gasteiger charge is -2.22. The van der Waals surface area contributed by atoms with Gasteiger partial charge in [0.15, 0.2) is 6.61 Å². The maximum absolute atomic E-state index is 12.1. The maximum Gasteiger partial charge on any atom is 0.277 e. The number of carbonyl (C=O) groups excluding carboxylic acids is 1. The molecule has 0 aliphatic rings. The van der Waals surface area contributed by atoms with E-state index in [1.807, 2.05) is 0 Å². The molecule has 0 radical (unpaired) electrons. The van der Waals surface area contributed by atoms with Crippen molar-refractivity contribution in [1.29, 1.82) is 0 Å². The molecule has 2 rings (SSSR count). The molecule has 2 unspecified atom stereocenters. The Morgan fingerprint density at radius 1 is 1.27 bits per heavy atom. The Bertz CT molecular complexity index is 693. The number of amides is 1. The van der Waals surface area contributed by atoms with Gasteiger partial charge in [-0.2, -0.15) is 0 Å². The molecule has 0 fully saturated rings. The van der Waals surface area contributed by atoms with Crippen molar-refractivity contribution >= 4 is 29.3 Å². The number of nitrogens with zero attached hydrogens (tertiary/aromatic N) is 2. The Morgan fingerprint density at radius 3 is 2.65 bits per heavy atom. The van der Waals surface area contributed by atoms with Gasteiger partial charge in [0.25, 0.3) is 11.1 Å². The fourth-order valence-electron chi connectivity index (χ4n) is 2.34. The summed E-state index contributed by atoms with van der Waals surface area (Å²) in [7, 11) is 0. The van der Waals surface area contributed by atoms with Crippen molar-refractivity contribution in [2.24, 2.45) is 5.92 Å². The van der Waals surface area contributed by atoms with E-state index in [9.17, 15) is 4.79 Å². The van der Waals surface area contributed by atoms with Crippen molar-refractivity contribution in [2.75, 3.05) is 5.75 Å². The standard InChI is InChI=1S/C18H24ClN3O3S/c1-4-12(3)15(5-2)20-16(23)11-26-18-22-21-17(25-18)10-24-14-8-6-13(19)7-9-14/h6-9,12,15H,4-5,10-11H2,1-3H3,(H,20,23). The van der Waals surface area contributed by atoms with Crippen LogP contribution in [0.4, 0.5) is 0 Å². The van der Waals surface area contributed by atoms with Gasteiger partial charge < -0.3 is 14.5 Å². The lowest BCUT2D eigenvalue weighted by molar-refractivity contribution is -0.119. The Kier molecular flexibility index (Phi) is 8.25. The van der Waals surface area contributed by atoms with E-state index < -0.39 is 0 Å². The number of halogens is 1. The minimum atomic E-state index is -0.0284. The van der Waals surface area contributed by atoms with E-state index in [2.05, 4.69) is 36.3 Å². The molecule has 0 saturated carbocycles. The first-order chi connectivity index (χ1) is 12.5. The van der Waals surface area contributed by atoms with Gasteiger partial charge in [-0.1, -0.05) is 50.6 Å². The summed E-state index contributed by atoms with van der Waals surface area (Å²) in [6.07, 6.45) is 1.95. The molecule has 1 aromatic heterocycles. The van der Waals surface area contributed by atoms with E-state index in [4.69, 9.17) is 20.8 Å². The molecular weight excluding hydrogens is 374 g/mol. The number of carbonyl (C=O) groups is 1. The zero-order chi connectivity index (χ0) is 18.9. The Balaban J connectivity index is 1.77. The van der Waals surface area contributed by atoms with Crippen LogP contribution in [0.1, 0.15) is 39.5 Å². The van der Waals surface area contributed by atoms with Gasteiger partial charge in [0, 0.05) is 11.1 Å². The van der Waals surface area contributed by atoms with E-state index in [-0.39, 0.29) is 24.3 Å². The summed E-state index contributed by atoms with van der Waals surface area (Å²) in [5.41, 5.74) is 0. The molecule has 8 heteroatoms. The molecule has 26 heavy (non-hydrogen) atoms. The first-order valence-corrected chi connectivity index (χ1v) is 10.0. The zero-order valence-electron chi connectivity index (χ0n) is 15.2. The average Bonchev–Trinajstić information content (AvgIpc) is 3.11. The number of ether oxygens (including phenoxy) is 1. The van der Waals surface area contributed by atoms with Gasteiger partial charge in [0.05, 0.1) is 5.75 Å². The largest absolute Gasteiger partial charge is 0.484 e. The lowest BCUT2D eigenvalue weighted by Crippen LogP contribution is -2.39. The summed E-state index contributed by atoms with van der Waals surface area (Å²) in [5.74, 6) is 1.69. The minimum Gasteiger partial charge on any atom is -0.484 e. The molecule has 0 spiro atoms. The smallest absolute Gasteiger partial charge is 0.277 e. The maximum atomic E-state index is 12.1. The monoisotopic (exact) mass is 397 g/mol. The van der Waals surface area contributed by atoms with Crippen LogP contribution in [-0.4, -0.2) is 27.9 Å². The molecule has 2 aromatic rings. The second kappa shape index (κ2) is 10.4. The lowest BCUT2D eigenvalue weighted by atomic mass is 9.97. The summed E-state index contributed by atoms with van der Waals surface area (Å²) in [6.45, 7) is 6.51. The fraction of sp³-hybridized carbons (Fsp3) is 0.500. The van der Waals surface area contributed by atoms with Gasteiger partial charge in [0.1, 0.15) is 5.75 Å². The van der Waals surface area contributed by atoms with Crippen LogP contribution in [0.3, 0.4) is 0 Å². The van der Waals surface area contributed by atoms with Crippen LogP contribution in [0, 0.1) is 5.92 Å². The summed E-state index contributed by atoms with van der Waals surface area (Å²) in [6, 6.07) is 7.21. The van der Waals surface area contributed by atoms with E-state index in [0.29, 0.717) is 27.8 Å². The average molecular weight is 398 g/mol. The van der Waals surface area contributed by atoms with Crippen molar-refractivity contribution < 1.29 is 13.9 Å². The van der Waals surface area contributed by atoms with Crippen LogP contribution in [0.25, 0.3) is 0 Å². The summed E-state index contributed by atoms with van der Waals surface area (Å²) in [4.78, 5) is 12.1. The molecule has 6 nitrogen and oxygen atoms in total. The van der Waals surface area contributed by atoms with Crippen LogP contribution in [0.15, 0.2) is 33.9 Å². The van der Waals surface area contributed by atoms with Crippen molar-refractivity contribution in [3.05, 3.63) is 35.2 Å². The summed E-state index contributed by atoms with van der Waals surface area (Å²) in [5, 5.41) is 11.9. The van der Waals surface area contributed by atoms with E-state index in [0.717, 1.165) is 12.8 Å². The van der Waals surface area contributed by atoms with Crippen LogP contribution in [0.2, 0.25) is 5.02 Å². The van der Waals surface area contributed by atoms with Crippen LogP contribution < -0.4 is 10.1 Å². The molecule has 1 heterocycles. The van der Waals surface area contributed by atoms with Gasteiger partial charge in [-0.25, -0.2) is 0 Å². The number of benzene rings is 1. The minimum absolute atomic E-state index is 0.0284. The van der Waals surface area contributed by atoms with Crippen molar-refractivity contribution in [3.63, 3.8) is 0 Å². The highest BCUT2D eigenvalue weighted by Gasteiger charge is 2.17. The zero-order valence-corrected chi connectivity index (χ0v) is 16.8. The third-order valence-electron chi connectivity index (χ3n) is 4.07. The van der Waals surface area contributed by atoms with Gasteiger partial charge >= 0.3 is 0 Å². The number of thioether (sulfide) groups is 1. The van der Waals surface area contributed by atoms with Gasteiger partial charge in [-0.15, -0.1) is 10.2 Å². The van der Waals surface area contributed by atoms with Crippen LogP contribution in [0.5, 0.6) is 5.75 Å². The topological polar surface area (TPSA) is 77.2 Å². The highest BCUT2D eigenvalue weighted by atomic mass is 35.5. The number of aromatic nitrogens is 2. The molecular formula is C18H24ClN3O3S. The summed E-state index contributed by atoms with van der Waals surface area (Å²) < 4.78 is 11.0. The van der Waals surface area contributed by atoms with E-state index >= 15 is 0 Å². The normalized spacial score (nSPS) is 13.2. The number of rotatable bonds is 10. The third-order valence-corrected chi connectivity index (χ3v) is 5.14. The molecule has 142 valence electrons. The third kappa shape index (κ3) is 6.53. The molecule has 0 aliphatic heterocycles. The van der Waals surface area contributed by atoms with Crippen molar-refractivity contribution in [1.82, 2.24) is 15.5 Å². The number of hydrogen-bond donors (Lipinski definition) is 1. The molecule has 0 saturated heterocycles. The van der Waals surface area contributed by atoms with Gasteiger partial charge in [0.2, 0.25) is 5.91 Å². The highest BCUT2D eigenvalue weighted by Crippen LogP contribution is 2.19. The Labute approximate surface area is 163 Å². The van der Waals surface area contributed by atoms with Gasteiger partial charge in [-0.3, -0.25) is 4.79 Å². The van der Waals surface area contributed by atoms with Crippen molar-refractivity contribution in [3.8, 4) is 5.75 Å². The second-order valence-corrected chi connectivity index (χ2v) is 7.32. The molecule has 0 aliphatic carbocycles. The molecule has 0 bridgehead atoms. The molecule has 2 atom stereocenters. The summed E-state index contributed by atoms with van der Waals surface area (Å²) >= 11 is 7.05. The fourth-order valence-corrected chi connectivity index (χ4v) is 3.06.